The number of nitrogens with two attached hydrogens (primary N) is 1. The zero-order valence-electron chi connectivity index (χ0n) is 31.1. The predicted octanol–water partition coefficient (Wildman–Crippen LogP) is 5.45. The van der Waals surface area contributed by atoms with Gasteiger partial charge in [-0.05, 0) is 49.1 Å². The molecule has 0 aliphatic heterocycles. The number of nitrogens with zero attached hydrogens (tertiary/aromatic N) is 5. The van der Waals surface area contributed by atoms with Gasteiger partial charge in [0.25, 0.3) is 0 Å². The molecule has 11 nitrogen and oxygen atoms in total. The Morgan fingerprint density at radius 3 is 2.25 bits per heavy atom. The van der Waals surface area contributed by atoms with E-state index in [2.05, 4.69) is 9.97 Å². The molecular formula is C39H62N6O5S. The lowest BCUT2D eigenvalue weighted by atomic mass is 9.81. The number of nitrogen functional groups attached to an aromatic ring is 1. The number of pyridine rings is 1. The Morgan fingerprint density at radius 1 is 0.922 bits per heavy atom. The molecule has 2 aromatic rings. The number of anilines is 1. The van der Waals surface area contributed by atoms with Crippen LogP contribution in [0.1, 0.15) is 115 Å². The molecule has 0 saturated heterocycles. The van der Waals surface area contributed by atoms with E-state index in [1.165, 1.54) is 30.6 Å². The van der Waals surface area contributed by atoms with Crippen molar-refractivity contribution in [3.63, 3.8) is 0 Å². The minimum Gasteiger partial charge on any atom is -0.390 e. The average molecular weight is 727 g/mol. The SMILES string of the molecule is CC(C)C[C@H](O)[C@H](O)[C@H](CC1CCCCC1)N(Cc1csc(N)n1)C(=O)CCC(=O)N(CCC1CCCC1)CC(=O)N(C)CCc1ccccn1. The van der Waals surface area contributed by atoms with E-state index in [0.717, 1.165) is 50.6 Å². The van der Waals surface area contributed by atoms with Gasteiger partial charge in [0.15, 0.2) is 5.13 Å². The van der Waals surface area contributed by atoms with Gasteiger partial charge in [0.1, 0.15) is 6.10 Å². The fourth-order valence-electron chi connectivity index (χ4n) is 7.74. The van der Waals surface area contributed by atoms with E-state index in [0.29, 0.717) is 55.0 Å². The van der Waals surface area contributed by atoms with Crippen molar-refractivity contribution < 1.29 is 24.6 Å². The molecule has 0 radical (unpaired) electrons. The maximum atomic E-state index is 14.3. The van der Waals surface area contributed by atoms with Crippen molar-refractivity contribution in [2.24, 2.45) is 17.8 Å². The van der Waals surface area contributed by atoms with E-state index < -0.39 is 18.2 Å². The second-order valence-electron chi connectivity index (χ2n) is 15.3. The van der Waals surface area contributed by atoms with Crippen LogP contribution in [0.2, 0.25) is 0 Å². The molecule has 0 aromatic carbocycles. The largest absolute Gasteiger partial charge is 0.390 e. The summed E-state index contributed by atoms with van der Waals surface area (Å²) in [6, 6.07) is 5.08. The van der Waals surface area contributed by atoms with Crippen LogP contribution in [0.15, 0.2) is 29.8 Å². The lowest BCUT2D eigenvalue weighted by Crippen LogP contribution is -2.52. The Hall–Kier alpha value is -3.09. The monoisotopic (exact) mass is 726 g/mol. The molecule has 4 N–H and O–H groups in total. The van der Waals surface area contributed by atoms with E-state index >= 15 is 0 Å². The van der Waals surface area contributed by atoms with E-state index in [-0.39, 0.29) is 49.6 Å². The maximum absolute atomic E-state index is 14.3. The van der Waals surface area contributed by atoms with Crippen LogP contribution in [0.25, 0.3) is 0 Å². The molecule has 51 heavy (non-hydrogen) atoms. The summed E-state index contributed by atoms with van der Waals surface area (Å²) in [7, 11) is 1.75. The first-order chi connectivity index (χ1) is 24.5. The first-order valence-electron chi connectivity index (χ1n) is 19.3. The van der Waals surface area contributed by atoms with Gasteiger partial charge in [-0.1, -0.05) is 77.7 Å². The number of hydrogen-bond donors (Lipinski definition) is 3. The van der Waals surface area contributed by atoms with Crippen molar-refractivity contribution in [1.29, 1.82) is 0 Å². The molecule has 2 aromatic heterocycles. The summed E-state index contributed by atoms with van der Waals surface area (Å²) in [5.74, 6) is 0.385. The molecule has 2 fully saturated rings. The lowest BCUT2D eigenvalue weighted by Gasteiger charge is -2.39. The van der Waals surface area contributed by atoms with Crippen molar-refractivity contribution in [3.8, 4) is 0 Å². The van der Waals surface area contributed by atoms with Crippen LogP contribution in [0.5, 0.6) is 0 Å². The quantitative estimate of drug-likeness (QED) is 0.163. The molecular weight excluding hydrogens is 665 g/mol. The number of hydrogen-bond acceptors (Lipinski definition) is 9. The molecule has 0 unspecified atom stereocenters. The van der Waals surface area contributed by atoms with E-state index in [9.17, 15) is 24.6 Å². The van der Waals surface area contributed by atoms with Gasteiger partial charge in [-0.3, -0.25) is 19.4 Å². The van der Waals surface area contributed by atoms with Crippen LogP contribution < -0.4 is 5.73 Å². The highest BCUT2D eigenvalue weighted by atomic mass is 32.1. The molecule has 284 valence electrons. The van der Waals surface area contributed by atoms with Crippen LogP contribution in [0, 0.1) is 17.8 Å². The van der Waals surface area contributed by atoms with Gasteiger partial charge in [-0.25, -0.2) is 4.98 Å². The minimum atomic E-state index is -1.15. The Balaban J connectivity index is 1.48. The fraction of sp³-hybridized carbons (Fsp3) is 0.718. The summed E-state index contributed by atoms with van der Waals surface area (Å²) >= 11 is 1.29. The number of rotatable bonds is 20. The third kappa shape index (κ3) is 13.4. The molecule has 12 heteroatoms. The fourth-order valence-corrected chi connectivity index (χ4v) is 8.29. The van der Waals surface area contributed by atoms with Crippen LogP contribution >= 0.6 is 11.3 Å². The Morgan fingerprint density at radius 2 is 1.61 bits per heavy atom. The second kappa shape index (κ2) is 20.8. The smallest absolute Gasteiger partial charge is 0.241 e. The number of thiazole rings is 1. The summed E-state index contributed by atoms with van der Waals surface area (Å²) < 4.78 is 0. The Labute approximate surface area is 309 Å². The molecule has 3 atom stereocenters. The van der Waals surface area contributed by atoms with Gasteiger partial charge in [-0.2, -0.15) is 0 Å². The van der Waals surface area contributed by atoms with Crippen molar-refractivity contribution in [2.45, 2.75) is 135 Å². The standard InChI is InChI=1S/C39H62N6O5S/c1-28(2)23-34(46)38(50)33(24-30-13-5-4-6-14-30)45(25-32-27-51-39(40)42-32)36(48)17-16-35(47)44(22-18-29-11-7-8-12-29)26-37(49)43(3)21-19-31-15-9-10-20-41-31/h9-10,15,20,27-30,33-34,38,46,50H,4-8,11-14,16-19,21-26H2,1-3H3,(H2,40,42)/t33-,34-,38+/m0/s1. The van der Waals surface area contributed by atoms with Crippen LogP contribution in [0.3, 0.4) is 0 Å². The summed E-state index contributed by atoms with van der Waals surface area (Å²) in [4.78, 5) is 55.2. The zero-order valence-corrected chi connectivity index (χ0v) is 31.9. The third-order valence-corrected chi connectivity index (χ3v) is 11.5. The highest BCUT2D eigenvalue weighted by Crippen LogP contribution is 2.32. The Kier molecular flexibility index (Phi) is 16.6. The lowest BCUT2D eigenvalue weighted by molar-refractivity contribution is -0.145. The molecule has 2 aliphatic carbocycles. The van der Waals surface area contributed by atoms with Crippen LogP contribution in [-0.2, 0) is 27.3 Å². The second-order valence-corrected chi connectivity index (χ2v) is 16.2. The van der Waals surface area contributed by atoms with Crippen molar-refractivity contribution in [3.05, 3.63) is 41.2 Å². The molecule has 0 spiro atoms. The minimum absolute atomic E-state index is 0.0370. The average Bonchev–Trinajstić information content (AvgIpc) is 3.81. The van der Waals surface area contributed by atoms with Gasteiger partial charge in [0, 0.05) is 56.7 Å². The van der Waals surface area contributed by atoms with E-state index in [1.807, 2.05) is 37.4 Å². The summed E-state index contributed by atoms with van der Waals surface area (Å²) in [5.41, 5.74) is 7.48. The van der Waals surface area contributed by atoms with Gasteiger partial charge >= 0.3 is 0 Å². The first-order valence-corrected chi connectivity index (χ1v) is 20.1. The molecule has 0 bridgehead atoms. The maximum Gasteiger partial charge on any atom is 0.241 e. The Bertz CT molecular complexity index is 1350. The molecule has 2 heterocycles. The van der Waals surface area contributed by atoms with Crippen molar-refractivity contribution >= 4 is 34.2 Å². The highest BCUT2D eigenvalue weighted by Gasteiger charge is 2.37. The normalized spacial score (nSPS) is 17.3. The van der Waals surface area contributed by atoms with Gasteiger partial charge in [0.2, 0.25) is 17.7 Å². The topological polar surface area (TPSA) is 153 Å². The molecule has 4 rings (SSSR count). The zero-order chi connectivity index (χ0) is 36.8. The number of aromatic nitrogens is 2. The molecule has 2 saturated carbocycles. The highest BCUT2D eigenvalue weighted by molar-refractivity contribution is 7.13. The predicted molar refractivity (Wildman–Crippen MR) is 201 cm³/mol. The number of aliphatic hydroxyl groups is 2. The number of carbonyl (C=O) groups is 3. The molecule has 3 amide bonds. The number of amides is 3. The van der Waals surface area contributed by atoms with Crippen LogP contribution in [0.4, 0.5) is 5.13 Å². The number of aliphatic hydroxyl groups excluding tert-OH is 2. The van der Waals surface area contributed by atoms with Gasteiger partial charge in [0.05, 0.1) is 30.9 Å². The van der Waals surface area contributed by atoms with Gasteiger partial charge < -0.3 is 30.6 Å². The van der Waals surface area contributed by atoms with Crippen molar-refractivity contribution in [2.75, 3.05) is 32.4 Å². The van der Waals surface area contributed by atoms with E-state index in [4.69, 9.17) is 5.73 Å². The summed E-state index contributed by atoms with van der Waals surface area (Å²) in [5, 5.41) is 25.0. The summed E-state index contributed by atoms with van der Waals surface area (Å²) in [6.07, 6.45) is 12.0. The van der Waals surface area contributed by atoms with E-state index in [1.54, 1.807) is 27.9 Å². The number of carbonyl (C=O) groups excluding carboxylic acids is 3. The first kappa shape index (κ1) is 40.7. The summed E-state index contributed by atoms with van der Waals surface area (Å²) in [6.45, 7) is 5.06. The number of likely N-dealkylation sites (N-methyl/N-ethyl adjacent to an activating group) is 1. The third-order valence-electron chi connectivity index (χ3n) is 10.8. The van der Waals surface area contributed by atoms with Gasteiger partial charge in [-0.15, -0.1) is 11.3 Å². The van der Waals surface area contributed by atoms with Crippen molar-refractivity contribution in [1.82, 2.24) is 24.7 Å². The molecule has 2 aliphatic rings. The van der Waals surface area contributed by atoms with Crippen LogP contribution in [-0.4, -0.2) is 97.5 Å².